The van der Waals surface area contributed by atoms with Crippen molar-refractivity contribution in [2.45, 2.75) is 110 Å². The van der Waals surface area contributed by atoms with Crippen molar-refractivity contribution in [2.24, 2.45) is 0 Å². The van der Waals surface area contributed by atoms with E-state index in [9.17, 15) is 4.79 Å². The highest BCUT2D eigenvalue weighted by atomic mass is 16.1. The third-order valence-corrected chi connectivity index (χ3v) is 4.05. The smallest absolute Gasteiger partial charge is 0.133 e. The molecule has 0 aliphatic rings. The van der Waals surface area contributed by atoms with E-state index in [2.05, 4.69) is 13.0 Å². The molecule has 0 aliphatic carbocycles. The van der Waals surface area contributed by atoms with Gasteiger partial charge in [-0.3, -0.25) is 4.79 Å². The molecule has 0 atom stereocenters. The van der Waals surface area contributed by atoms with Crippen LogP contribution in [-0.2, 0) is 4.79 Å². The van der Waals surface area contributed by atoms with Crippen molar-refractivity contribution in [3.05, 3.63) is 12.2 Å². The van der Waals surface area contributed by atoms with Gasteiger partial charge in [0.2, 0.25) is 0 Å². The number of unbranched alkanes of at least 4 members (excludes halogenated alkanes) is 13. The van der Waals surface area contributed by atoms with Crippen molar-refractivity contribution in [1.82, 2.24) is 0 Å². The summed E-state index contributed by atoms with van der Waals surface area (Å²) in [5, 5.41) is 0. The minimum Gasteiger partial charge on any atom is -0.300 e. The molecule has 21 heavy (non-hydrogen) atoms. The Kier molecular flexibility index (Phi) is 17.0. The van der Waals surface area contributed by atoms with Crippen molar-refractivity contribution in [3.8, 4) is 0 Å². The largest absolute Gasteiger partial charge is 0.300 e. The number of carbonyl (C=O) groups is 1. The molecule has 0 saturated heterocycles. The van der Waals surface area contributed by atoms with Crippen molar-refractivity contribution in [3.63, 3.8) is 0 Å². The maximum atomic E-state index is 10.7. The summed E-state index contributed by atoms with van der Waals surface area (Å²) in [5.74, 6) is 0.261. The summed E-state index contributed by atoms with van der Waals surface area (Å²) in [5.41, 5.74) is 0. The van der Waals surface area contributed by atoms with E-state index in [1.165, 1.54) is 83.5 Å². The highest BCUT2D eigenvalue weighted by Gasteiger charge is 1.93. The second-order valence-electron chi connectivity index (χ2n) is 6.41. The highest BCUT2D eigenvalue weighted by Crippen LogP contribution is 2.13. The van der Waals surface area contributed by atoms with E-state index in [0.29, 0.717) is 6.42 Å². The maximum Gasteiger partial charge on any atom is 0.133 e. The Morgan fingerprint density at radius 2 is 1.10 bits per heavy atom. The fourth-order valence-corrected chi connectivity index (χ4v) is 2.65. The third kappa shape index (κ3) is 19.4. The summed E-state index contributed by atoms with van der Waals surface area (Å²) >= 11 is 0. The molecular weight excluding hydrogens is 256 g/mol. The number of hydrogen-bond donors (Lipinski definition) is 0. The molecule has 1 nitrogen and oxygen atoms in total. The summed E-state index contributed by atoms with van der Waals surface area (Å²) in [6, 6.07) is 0. The first-order valence-electron chi connectivity index (χ1n) is 9.41. The van der Waals surface area contributed by atoms with Gasteiger partial charge in [0.1, 0.15) is 5.78 Å². The summed E-state index contributed by atoms with van der Waals surface area (Å²) < 4.78 is 0. The molecule has 0 bridgehead atoms. The van der Waals surface area contributed by atoms with Crippen LogP contribution in [0.5, 0.6) is 0 Å². The lowest BCUT2D eigenvalue weighted by atomic mass is 10.0. The first kappa shape index (κ1) is 20.4. The molecule has 0 unspecified atom stereocenters. The fraction of sp³-hybridized carbons (Fsp3) is 0.850. The van der Waals surface area contributed by atoms with Crippen LogP contribution in [-0.4, -0.2) is 5.78 Å². The monoisotopic (exact) mass is 294 g/mol. The van der Waals surface area contributed by atoms with Crippen molar-refractivity contribution in [1.29, 1.82) is 0 Å². The molecular formula is C20H38O. The lowest BCUT2D eigenvalue weighted by molar-refractivity contribution is -0.116. The van der Waals surface area contributed by atoms with E-state index in [0.717, 1.165) is 6.42 Å². The number of allylic oxidation sites excluding steroid dienone is 2. The Morgan fingerprint density at radius 3 is 1.52 bits per heavy atom. The summed E-state index contributed by atoms with van der Waals surface area (Å²) in [6.07, 6.45) is 24.2. The topological polar surface area (TPSA) is 17.1 Å². The van der Waals surface area contributed by atoms with Crippen LogP contribution in [0.2, 0.25) is 0 Å². The van der Waals surface area contributed by atoms with Gasteiger partial charge in [-0.15, -0.1) is 0 Å². The molecule has 1 heteroatoms. The van der Waals surface area contributed by atoms with Gasteiger partial charge in [0.25, 0.3) is 0 Å². The molecule has 0 amide bonds. The van der Waals surface area contributed by atoms with Crippen LogP contribution < -0.4 is 0 Å². The van der Waals surface area contributed by atoms with E-state index >= 15 is 0 Å². The average molecular weight is 295 g/mol. The summed E-state index contributed by atoms with van der Waals surface area (Å²) in [6.45, 7) is 3.93. The summed E-state index contributed by atoms with van der Waals surface area (Å²) in [4.78, 5) is 10.7. The fourth-order valence-electron chi connectivity index (χ4n) is 2.65. The molecule has 0 aromatic carbocycles. The molecule has 0 spiro atoms. The number of Topliss-reactive ketones (excluding diaryl/α,β-unsaturated/α-hetero) is 1. The molecule has 0 rings (SSSR count). The first-order chi connectivity index (χ1) is 10.3. The van der Waals surface area contributed by atoms with E-state index in [1.54, 1.807) is 6.92 Å². The Labute approximate surface area is 133 Å². The molecule has 0 fully saturated rings. The standard InChI is InChI=1S/C20H38O/c1-3-4-5-6-7-8-9-10-11-12-13-14-15-16-17-18-19-20(2)21/h17-18H,3-16,19H2,1-2H3. The number of rotatable bonds is 16. The van der Waals surface area contributed by atoms with Crippen molar-refractivity contribution in [2.75, 3.05) is 0 Å². The Bertz CT molecular complexity index is 242. The molecule has 0 radical (unpaired) electrons. The minimum absolute atomic E-state index is 0.261. The van der Waals surface area contributed by atoms with Crippen LogP contribution in [0.4, 0.5) is 0 Å². The second kappa shape index (κ2) is 17.5. The van der Waals surface area contributed by atoms with Gasteiger partial charge in [0.05, 0.1) is 0 Å². The molecule has 0 heterocycles. The number of carbonyl (C=O) groups excluding carboxylic acids is 1. The van der Waals surface area contributed by atoms with Crippen LogP contribution in [0.25, 0.3) is 0 Å². The van der Waals surface area contributed by atoms with Gasteiger partial charge in [-0.05, 0) is 19.8 Å². The molecule has 0 aromatic heterocycles. The average Bonchev–Trinajstić information content (AvgIpc) is 2.46. The third-order valence-electron chi connectivity index (χ3n) is 4.05. The predicted octanol–water partition coefficient (Wildman–Crippen LogP) is 7.00. The zero-order valence-electron chi connectivity index (χ0n) is 14.7. The van der Waals surface area contributed by atoms with Gasteiger partial charge in [0, 0.05) is 6.42 Å². The highest BCUT2D eigenvalue weighted by molar-refractivity contribution is 5.76. The quantitative estimate of drug-likeness (QED) is 0.221. The van der Waals surface area contributed by atoms with E-state index in [1.807, 2.05) is 6.08 Å². The Hall–Kier alpha value is -0.590. The van der Waals surface area contributed by atoms with Gasteiger partial charge >= 0.3 is 0 Å². The Balaban J connectivity index is 3.02. The van der Waals surface area contributed by atoms with Crippen molar-refractivity contribution >= 4 is 5.78 Å². The molecule has 0 aromatic rings. The number of hydrogen-bond acceptors (Lipinski definition) is 1. The molecule has 0 N–H and O–H groups in total. The van der Waals surface area contributed by atoms with Gasteiger partial charge in [0.15, 0.2) is 0 Å². The van der Waals surface area contributed by atoms with Crippen LogP contribution in [0.1, 0.15) is 110 Å². The van der Waals surface area contributed by atoms with E-state index in [4.69, 9.17) is 0 Å². The van der Waals surface area contributed by atoms with Crippen LogP contribution in [0.15, 0.2) is 12.2 Å². The lowest BCUT2D eigenvalue weighted by Gasteiger charge is -2.02. The predicted molar refractivity (Wildman–Crippen MR) is 94.8 cm³/mol. The maximum absolute atomic E-state index is 10.7. The SMILES string of the molecule is CCCCCCCCCCCCCCCC=CCC(C)=O. The van der Waals surface area contributed by atoms with Gasteiger partial charge in [-0.25, -0.2) is 0 Å². The zero-order chi connectivity index (χ0) is 15.6. The Morgan fingerprint density at radius 1 is 0.667 bits per heavy atom. The van der Waals surface area contributed by atoms with Crippen LogP contribution in [0, 0.1) is 0 Å². The lowest BCUT2D eigenvalue weighted by Crippen LogP contribution is -1.84. The van der Waals surface area contributed by atoms with Gasteiger partial charge < -0.3 is 0 Å². The zero-order valence-corrected chi connectivity index (χ0v) is 14.7. The first-order valence-corrected chi connectivity index (χ1v) is 9.41. The van der Waals surface area contributed by atoms with Gasteiger partial charge in [-0.1, -0.05) is 96.1 Å². The van der Waals surface area contributed by atoms with Crippen LogP contribution >= 0.6 is 0 Å². The van der Waals surface area contributed by atoms with E-state index < -0.39 is 0 Å². The number of ketones is 1. The summed E-state index contributed by atoms with van der Waals surface area (Å²) in [7, 11) is 0. The molecule has 0 aliphatic heterocycles. The molecule has 124 valence electrons. The van der Waals surface area contributed by atoms with Gasteiger partial charge in [-0.2, -0.15) is 0 Å². The normalized spacial score (nSPS) is 11.3. The second-order valence-corrected chi connectivity index (χ2v) is 6.41. The van der Waals surface area contributed by atoms with E-state index in [-0.39, 0.29) is 5.78 Å². The minimum atomic E-state index is 0.261. The van der Waals surface area contributed by atoms with Crippen LogP contribution in [0.3, 0.4) is 0 Å². The van der Waals surface area contributed by atoms with Crippen molar-refractivity contribution < 1.29 is 4.79 Å². The molecule has 0 saturated carbocycles.